The Hall–Kier alpha value is -1.98. The number of amides is 1. The maximum atomic E-state index is 13.8. The number of nitrogens with zero attached hydrogens (tertiary/aromatic N) is 2. The summed E-state index contributed by atoms with van der Waals surface area (Å²) in [6, 6.07) is 2.96. The van der Waals surface area contributed by atoms with E-state index in [4.69, 9.17) is 10.5 Å². The highest BCUT2D eigenvalue weighted by Crippen LogP contribution is 2.31. The van der Waals surface area contributed by atoms with E-state index in [1.165, 1.54) is 6.07 Å². The minimum atomic E-state index is -0.438. The number of nitrogen functional groups attached to an aromatic ring is 1. The van der Waals surface area contributed by atoms with Crippen LogP contribution >= 0.6 is 0 Å². The lowest BCUT2D eigenvalue weighted by Crippen LogP contribution is -2.48. The Morgan fingerprint density at radius 2 is 2.00 bits per heavy atom. The maximum Gasteiger partial charge on any atom is 0.219 e. The fourth-order valence-corrected chi connectivity index (χ4v) is 2.42. The lowest BCUT2D eigenvalue weighted by atomic mass is 10.2. The van der Waals surface area contributed by atoms with Crippen LogP contribution in [0.1, 0.15) is 20.3 Å². The van der Waals surface area contributed by atoms with Crippen LogP contribution in [0.5, 0.6) is 5.75 Å². The molecular weight excluding hydrogens is 273 g/mol. The molecule has 0 bridgehead atoms. The Kier molecular flexibility index (Phi) is 4.88. The van der Waals surface area contributed by atoms with Crippen molar-refractivity contribution in [1.82, 2.24) is 4.90 Å². The van der Waals surface area contributed by atoms with Gasteiger partial charge >= 0.3 is 0 Å². The summed E-state index contributed by atoms with van der Waals surface area (Å²) in [6.07, 6.45) is 0.816. The van der Waals surface area contributed by atoms with E-state index < -0.39 is 5.82 Å². The Labute approximate surface area is 124 Å². The molecule has 1 amide bonds. The third kappa shape index (κ3) is 3.56. The molecule has 5 nitrogen and oxygen atoms in total. The lowest BCUT2D eigenvalue weighted by molar-refractivity contribution is -0.129. The first-order chi connectivity index (χ1) is 10.0. The van der Waals surface area contributed by atoms with Gasteiger partial charge in [0.25, 0.3) is 0 Å². The van der Waals surface area contributed by atoms with Gasteiger partial charge in [0.05, 0.1) is 18.0 Å². The molecule has 6 heteroatoms. The van der Waals surface area contributed by atoms with Crippen LogP contribution in [0.2, 0.25) is 0 Å². The topological polar surface area (TPSA) is 58.8 Å². The first kappa shape index (κ1) is 15.4. The van der Waals surface area contributed by atoms with Crippen LogP contribution in [-0.2, 0) is 4.79 Å². The quantitative estimate of drug-likeness (QED) is 0.862. The van der Waals surface area contributed by atoms with E-state index in [0.717, 1.165) is 12.1 Å². The number of rotatable bonds is 4. The SMILES string of the molecule is CCCOc1cc(N2CCN(C(C)=O)CC2)c(N)cc1F. The van der Waals surface area contributed by atoms with Crippen molar-refractivity contribution in [2.24, 2.45) is 0 Å². The van der Waals surface area contributed by atoms with Crippen molar-refractivity contribution >= 4 is 17.3 Å². The summed E-state index contributed by atoms with van der Waals surface area (Å²) in [7, 11) is 0. The van der Waals surface area contributed by atoms with Gasteiger partial charge in [-0.15, -0.1) is 0 Å². The van der Waals surface area contributed by atoms with Gasteiger partial charge in [-0.25, -0.2) is 4.39 Å². The van der Waals surface area contributed by atoms with Crippen molar-refractivity contribution < 1.29 is 13.9 Å². The molecular formula is C15H22FN3O2. The molecule has 0 aromatic heterocycles. The molecule has 0 spiro atoms. The number of ether oxygens (including phenoxy) is 1. The molecule has 1 aromatic carbocycles. The summed E-state index contributed by atoms with van der Waals surface area (Å²) >= 11 is 0. The second-order valence-electron chi connectivity index (χ2n) is 5.18. The molecule has 0 radical (unpaired) electrons. The number of piperazine rings is 1. The smallest absolute Gasteiger partial charge is 0.219 e. The predicted octanol–water partition coefficient (Wildman–Crippen LogP) is 1.87. The molecule has 2 N–H and O–H groups in total. The zero-order chi connectivity index (χ0) is 15.4. The third-order valence-electron chi connectivity index (χ3n) is 3.61. The molecule has 1 heterocycles. The lowest BCUT2D eigenvalue weighted by Gasteiger charge is -2.36. The van der Waals surface area contributed by atoms with Gasteiger partial charge in [0.2, 0.25) is 5.91 Å². The number of hydrogen-bond donors (Lipinski definition) is 1. The molecule has 0 saturated carbocycles. The van der Waals surface area contributed by atoms with Gasteiger partial charge < -0.3 is 20.3 Å². The van der Waals surface area contributed by atoms with Gasteiger partial charge in [0.15, 0.2) is 11.6 Å². The molecule has 2 rings (SSSR count). The van der Waals surface area contributed by atoms with E-state index in [1.807, 2.05) is 6.92 Å². The van der Waals surface area contributed by atoms with Crippen molar-refractivity contribution in [3.8, 4) is 5.75 Å². The minimum Gasteiger partial charge on any atom is -0.490 e. The molecule has 1 aliphatic rings. The number of hydrogen-bond acceptors (Lipinski definition) is 4. The second kappa shape index (κ2) is 6.65. The summed E-state index contributed by atoms with van der Waals surface area (Å²) in [4.78, 5) is 15.2. The molecule has 0 atom stereocenters. The summed E-state index contributed by atoms with van der Waals surface area (Å²) in [5.41, 5.74) is 7.09. The van der Waals surface area contributed by atoms with E-state index in [2.05, 4.69) is 4.90 Å². The highest BCUT2D eigenvalue weighted by atomic mass is 19.1. The van der Waals surface area contributed by atoms with Crippen LogP contribution in [0.25, 0.3) is 0 Å². The van der Waals surface area contributed by atoms with E-state index >= 15 is 0 Å². The molecule has 21 heavy (non-hydrogen) atoms. The van der Waals surface area contributed by atoms with Crippen molar-refractivity contribution in [3.05, 3.63) is 17.9 Å². The van der Waals surface area contributed by atoms with Gasteiger partial charge in [-0.3, -0.25) is 4.79 Å². The molecule has 1 aromatic rings. The van der Waals surface area contributed by atoms with Crippen LogP contribution in [0.3, 0.4) is 0 Å². The molecule has 1 fully saturated rings. The number of anilines is 2. The van der Waals surface area contributed by atoms with Gasteiger partial charge in [-0.2, -0.15) is 0 Å². The van der Waals surface area contributed by atoms with E-state index in [-0.39, 0.29) is 11.7 Å². The highest BCUT2D eigenvalue weighted by Gasteiger charge is 2.21. The minimum absolute atomic E-state index is 0.0775. The van der Waals surface area contributed by atoms with Gasteiger partial charge in [0, 0.05) is 45.2 Å². The van der Waals surface area contributed by atoms with Crippen LogP contribution in [0.4, 0.5) is 15.8 Å². The van der Waals surface area contributed by atoms with Gasteiger partial charge in [0.1, 0.15) is 0 Å². The van der Waals surface area contributed by atoms with Crippen LogP contribution < -0.4 is 15.4 Å². The molecule has 1 saturated heterocycles. The number of benzene rings is 1. The van der Waals surface area contributed by atoms with Crippen LogP contribution in [0, 0.1) is 5.82 Å². The summed E-state index contributed by atoms with van der Waals surface area (Å²) in [6.45, 7) is 6.67. The molecule has 0 aliphatic carbocycles. The van der Waals surface area contributed by atoms with Crippen molar-refractivity contribution in [2.75, 3.05) is 43.4 Å². The number of carbonyl (C=O) groups excluding carboxylic acids is 1. The summed E-state index contributed by atoms with van der Waals surface area (Å²) in [5.74, 6) is -0.129. The van der Waals surface area contributed by atoms with Gasteiger partial charge in [-0.1, -0.05) is 6.92 Å². The first-order valence-electron chi connectivity index (χ1n) is 7.25. The normalized spacial score (nSPS) is 15.2. The Morgan fingerprint density at radius 3 is 2.57 bits per heavy atom. The second-order valence-corrected chi connectivity index (χ2v) is 5.18. The fraction of sp³-hybridized carbons (Fsp3) is 0.533. The average Bonchev–Trinajstić information content (AvgIpc) is 2.46. The number of halogens is 1. The van der Waals surface area contributed by atoms with Gasteiger partial charge in [-0.05, 0) is 6.42 Å². The Bertz CT molecular complexity index is 514. The number of carbonyl (C=O) groups is 1. The first-order valence-corrected chi connectivity index (χ1v) is 7.25. The summed E-state index contributed by atoms with van der Waals surface area (Å²) in [5, 5.41) is 0. The Balaban J connectivity index is 2.14. The van der Waals surface area contributed by atoms with E-state index in [9.17, 15) is 9.18 Å². The van der Waals surface area contributed by atoms with Crippen LogP contribution in [0.15, 0.2) is 12.1 Å². The molecule has 0 unspecified atom stereocenters. The van der Waals surface area contributed by atoms with E-state index in [1.54, 1.807) is 17.9 Å². The molecule has 116 valence electrons. The largest absolute Gasteiger partial charge is 0.490 e. The van der Waals surface area contributed by atoms with Crippen molar-refractivity contribution in [3.63, 3.8) is 0 Å². The zero-order valence-corrected chi connectivity index (χ0v) is 12.6. The highest BCUT2D eigenvalue weighted by molar-refractivity contribution is 5.74. The third-order valence-corrected chi connectivity index (χ3v) is 3.61. The van der Waals surface area contributed by atoms with Crippen LogP contribution in [-0.4, -0.2) is 43.6 Å². The maximum absolute atomic E-state index is 13.8. The predicted molar refractivity (Wildman–Crippen MR) is 81.1 cm³/mol. The average molecular weight is 295 g/mol. The number of nitrogens with two attached hydrogens (primary N) is 1. The monoisotopic (exact) mass is 295 g/mol. The zero-order valence-electron chi connectivity index (χ0n) is 12.6. The standard InChI is InChI=1S/C15H22FN3O2/c1-3-8-21-15-10-14(13(17)9-12(15)16)19-6-4-18(5-7-19)11(2)20/h9-10H,3-8,17H2,1-2H3. The fourth-order valence-electron chi connectivity index (χ4n) is 2.42. The Morgan fingerprint density at radius 1 is 1.33 bits per heavy atom. The van der Waals surface area contributed by atoms with E-state index in [0.29, 0.717) is 38.5 Å². The van der Waals surface area contributed by atoms with Crippen molar-refractivity contribution in [2.45, 2.75) is 20.3 Å². The summed E-state index contributed by atoms with van der Waals surface area (Å²) < 4.78 is 19.2. The molecule has 1 aliphatic heterocycles. The van der Waals surface area contributed by atoms with Crippen molar-refractivity contribution in [1.29, 1.82) is 0 Å².